The van der Waals surface area contributed by atoms with Crippen molar-refractivity contribution in [1.82, 2.24) is 9.71 Å². The summed E-state index contributed by atoms with van der Waals surface area (Å²) in [5, 5.41) is 7.24. The van der Waals surface area contributed by atoms with Crippen LogP contribution in [-0.4, -0.2) is 32.3 Å². The van der Waals surface area contributed by atoms with E-state index in [0.29, 0.717) is 40.0 Å². The number of ketones is 1. The Morgan fingerprint density at radius 3 is 2.68 bits per heavy atom. The second-order valence-electron chi connectivity index (χ2n) is 6.16. The first-order valence-electron chi connectivity index (χ1n) is 8.79. The van der Waals surface area contributed by atoms with E-state index in [9.17, 15) is 13.2 Å². The van der Waals surface area contributed by atoms with Crippen LogP contribution in [0.5, 0.6) is 0 Å². The van der Waals surface area contributed by atoms with Crippen LogP contribution in [0.2, 0.25) is 0 Å². The van der Waals surface area contributed by atoms with Crippen molar-refractivity contribution in [3.63, 3.8) is 0 Å². The molecule has 0 bridgehead atoms. The fourth-order valence-electron chi connectivity index (χ4n) is 2.56. The molecule has 0 saturated carbocycles. The number of sulfonamides is 1. The first-order valence-corrected chi connectivity index (χ1v) is 12.0. The molecule has 0 amide bonds. The summed E-state index contributed by atoms with van der Waals surface area (Å²) in [5.41, 5.74) is 1.64. The van der Waals surface area contributed by atoms with Crippen molar-refractivity contribution in [3.05, 3.63) is 63.3 Å². The molecule has 6 nitrogen and oxygen atoms in total. The molecule has 2 N–H and O–H groups in total. The summed E-state index contributed by atoms with van der Waals surface area (Å²) in [7, 11) is -3.40. The Bertz CT molecular complexity index is 1030. The second kappa shape index (κ2) is 9.42. The van der Waals surface area contributed by atoms with E-state index in [0.717, 1.165) is 12.0 Å². The van der Waals surface area contributed by atoms with Gasteiger partial charge in [0.1, 0.15) is 0 Å². The van der Waals surface area contributed by atoms with Crippen LogP contribution < -0.4 is 10.0 Å². The van der Waals surface area contributed by atoms with E-state index in [-0.39, 0.29) is 5.78 Å². The van der Waals surface area contributed by atoms with Crippen LogP contribution in [0.25, 0.3) is 0 Å². The molecule has 0 radical (unpaired) electrons. The van der Waals surface area contributed by atoms with Crippen LogP contribution in [0, 0.1) is 6.92 Å². The summed E-state index contributed by atoms with van der Waals surface area (Å²) >= 11 is 2.68. The smallest absolute Gasteiger partial charge is 0.241 e. The molecule has 3 aromatic rings. The normalized spacial score (nSPS) is 11.5. The number of carbonyl (C=O) groups excluding carboxylic acids is 1. The third-order valence-electron chi connectivity index (χ3n) is 4.10. The Balaban J connectivity index is 1.42. The molecular formula is C19H21N3O3S3. The van der Waals surface area contributed by atoms with E-state index in [1.54, 1.807) is 23.0 Å². The lowest BCUT2D eigenvalue weighted by Crippen LogP contribution is -2.24. The molecule has 28 heavy (non-hydrogen) atoms. The van der Waals surface area contributed by atoms with Crippen molar-refractivity contribution >= 4 is 43.6 Å². The zero-order valence-corrected chi connectivity index (χ0v) is 17.8. The molecule has 9 heteroatoms. The number of anilines is 1. The van der Waals surface area contributed by atoms with Crippen molar-refractivity contribution in [2.45, 2.75) is 24.7 Å². The van der Waals surface area contributed by atoms with E-state index in [4.69, 9.17) is 0 Å². The molecule has 0 spiro atoms. The molecule has 2 aromatic heterocycles. The third kappa shape index (κ3) is 5.26. The number of hydrogen-bond acceptors (Lipinski definition) is 7. The van der Waals surface area contributed by atoms with E-state index in [2.05, 4.69) is 15.0 Å². The lowest BCUT2D eigenvalue weighted by molar-refractivity contribution is 0.104. The fraction of sp³-hybridized carbons (Fsp3) is 0.263. The monoisotopic (exact) mass is 435 g/mol. The summed E-state index contributed by atoms with van der Waals surface area (Å²) in [5.74, 6) is -0.0218. The fourth-order valence-corrected chi connectivity index (χ4v) is 5.46. The van der Waals surface area contributed by atoms with Crippen molar-refractivity contribution in [2.24, 2.45) is 0 Å². The number of nitrogens with one attached hydrogen (secondary N) is 2. The highest BCUT2D eigenvalue weighted by atomic mass is 32.2. The Kier molecular flexibility index (Phi) is 6.95. The number of hydrogen-bond donors (Lipinski definition) is 2. The summed E-state index contributed by atoms with van der Waals surface area (Å²) in [6, 6.07) is 9.09. The number of thiazole rings is 1. The van der Waals surface area contributed by atoms with Gasteiger partial charge in [-0.25, -0.2) is 18.1 Å². The predicted molar refractivity (Wildman–Crippen MR) is 114 cm³/mol. The van der Waals surface area contributed by atoms with Gasteiger partial charge >= 0.3 is 0 Å². The molecule has 2 heterocycles. The first kappa shape index (κ1) is 20.7. The zero-order chi connectivity index (χ0) is 20.0. The van der Waals surface area contributed by atoms with Crippen molar-refractivity contribution in [1.29, 1.82) is 0 Å². The summed E-state index contributed by atoms with van der Waals surface area (Å²) in [4.78, 5) is 17.7. The van der Waals surface area contributed by atoms with Gasteiger partial charge in [-0.3, -0.25) is 4.79 Å². The van der Waals surface area contributed by atoms with Gasteiger partial charge in [-0.2, -0.15) is 11.3 Å². The van der Waals surface area contributed by atoms with Gasteiger partial charge in [0.15, 0.2) is 5.13 Å². The maximum absolute atomic E-state index is 12.6. The minimum absolute atomic E-state index is 0.0218. The largest absolute Gasteiger partial charge is 0.362 e. The minimum atomic E-state index is -3.40. The molecule has 148 valence electrons. The number of aryl methyl sites for hydroxylation is 1. The molecule has 0 atom stereocenters. The Morgan fingerprint density at radius 1 is 1.14 bits per heavy atom. The molecule has 0 unspecified atom stereocenters. The zero-order valence-electron chi connectivity index (χ0n) is 15.3. The van der Waals surface area contributed by atoms with Gasteiger partial charge < -0.3 is 5.32 Å². The van der Waals surface area contributed by atoms with Gasteiger partial charge in [-0.15, -0.1) is 0 Å². The number of benzene rings is 1. The average Bonchev–Trinajstić information content (AvgIpc) is 3.37. The average molecular weight is 436 g/mol. The molecule has 0 aliphatic heterocycles. The number of unbranched alkanes of at least 4 members (excludes halogenated alkanes) is 1. The first-order chi connectivity index (χ1) is 13.5. The van der Waals surface area contributed by atoms with E-state index < -0.39 is 10.0 Å². The highest BCUT2D eigenvalue weighted by Gasteiger charge is 2.15. The molecular weight excluding hydrogens is 414 g/mol. The van der Waals surface area contributed by atoms with Crippen LogP contribution in [0.15, 0.2) is 52.2 Å². The van der Waals surface area contributed by atoms with Crippen molar-refractivity contribution in [2.75, 3.05) is 18.4 Å². The predicted octanol–water partition coefficient (Wildman–Crippen LogP) is 3.91. The van der Waals surface area contributed by atoms with E-state index in [1.165, 1.54) is 22.7 Å². The maximum Gasteiger partial charge on any atom is 0.241 e. The second-order valence-corrected chi connectivity index (χ2v) is 9.74. The standard InChI is InChI=1S/C19H21N3O3S3/c1-14-6-2-3-7-16(14)18(23)17-12-21-19(27-17)20-9-4-5-10-22-28(24,25)15-8-11-26-13-15/h2-3,6-8,11-13,22H,4-5,9-10H2,1H3,(H,20,21). The highest BCUT2D eigenvalue weighted by molar-refractivity contribution is 7.89. The SMILES string of the molecule is Cc1ccccc1C(=O)c1cnc(NCCCCNS(=O)(=O)c2ccsc2)s1. The quantitative estimate of drug-likeness (QED) is 0.372. The Morgan fingerprint density at radius 2 is 1.93 bits per heavy atom. The molecule has 3 rings (SSSR count). The number of nitrogens with zero attached hydrogens (tertiary/aromatic N) is 1. The minimum Gasteiger partial charge on any atom is -0.362 e. The number of rotatable bonds is 10. The van der Waals surface area contributed by atoms with Gasteiger partial charge in [0.05, 0.1) is 16.0 Å². The molecule has 0 aliphatic carbocycles. The highest BCUT2D eigenvalue weighted by Crippen LogP contribution is 2.22. The van der Waals surface area contributed by atoms with Gasteiger partial charge in [-0.05, 0) is 36.8 Å². The van der Waals surface area contributed by atoms with Gasteiger partial charge in [0.2, 0.25) is 15.8 Å². The summed E-state index contributed by atoms with van der Waals surface area (Å²) in [6.45, 7) is 2.96. The van der Waals surface area contributed by atoms with Crippen LogP contribution >= 0.6 is 22.7 Å². The van der Waals surface area contributed by atoms with Crippen LogP contribution in [0.3, 0.4) is 0 Å². The van der Waals surface area contributed by atoms with Crippen molar-refractivity contribution in [3.8, 4) is 0 Å². The third-order valence-corrected chi connectivity index (χ3v) is 7.34. The van der Waals surface area contributed by atoms with Crippen LogP contribution in [-0.2, 0) is 10.0 Å². The van der Waals surface area contributed by atoms with Crippen molar-refractivity contribution < 1.29 is 13.2 Å². The van der Waals surface area contributed by atoms with Gasteiger partial charge in [0, 0.05) is 24.0 Å². The van der Waals surface area contributed by atoms with E-state index in [1.807, 2.05) is 31.2 Å². The number of carbonyl (C=O) groups is 1. The molecule has 0 fully saturated rings. The molecule has 0 saturated heterocycles. The van der Waals surface area contributed by atoms with E-state index >= 15 is 0 Å². The lowest BCUT2D eigenvalue weighted by atomic mass is 10.0. The summed E-state index contributed by atoms with van der Waals surface area (Å²) in [6.07, 6.45) is 3.08. The number of thiophene rings is 1. The Labute approximate surface area is 172 Å². The van der Waals surface area contributed by atoms with Gasteiger partial charge in [0.25, 0.3) is 0 Å². The summed E-state index contributed by atoms with van der Waals surface area (Å²) < 4.78 is 26.6. The topological polar surface area (TPSA) is 88.2 Å². The van der Waals surface area contributed by atoms with Crippen LogP contribution in [0.1, 0.15) is 33.6 Å². The van der Waals surface area contributed by atoms with Gasteiger partial charge in [-0.1, -0.05) is 35.6 Å². The Hall–Kier alpha value is -2.07. The molecule has 1 aromatic carbocycles. The number of aromatic nitrogens is 1. The maximum atomic E-state index is 12.6. The molecule has 0 aliphatic rings. The van der Waals surface area contributed by atoms with Crippen LogP contribution in [0.4, 0.5) is 5.13 Å². The lowest BCUT2D eigenvalue weighted by Gasteiger charge is -2.05.